The molecule has 0 aromatic heterocycles. The number of anilines is 1. The number of benzene rings is 1. The summed E-state index contributed by atoms with van der Waals surface area (Å²) in [4.78, 5) is 12.1. The van der Waals surface area contributed by atoms with E-state index in [1.54, 1.807) is 38.1 Å². The van der Waals surface area contributed by atoms with Crippen LogP contribution in [0.3, 0.4) is 0 Å². The highest BCUT2D eigenvalue weighted by Crippen LogP contribution is 2.16. The van der Waals surface area contributed by atoms with Crippen LogP contribution in [0.15, 0.2) is 24.3 Å². The van der Waals surface area contributed by atoms with Crippen molar-refractivity contribution < 1.29 is 13.2 Å². The van der Waals surface area contributed by atoms with Gasteiger partial charge in [-0.05, 0) is 37.5 Å². The van der Waals surface area contributed by atoms with E-state index in [0.29, 0.717) is 11.3 Å². The second-order valence-electron chi connectivity index (χ2n) is 5.96. The van der Waals surface area contributed by atoms with E-state index in [9.17, 15) is 13.2 Å². The van der Waals surface area contributed by atoms with Crippen LogP contribution in [0.4, 0.5) is 5.69 Å². The van der Waals surface area contributed by atoms with Crippen molar-refractivity contribution >= 4 is 21.4 Å². The first-order valence-electron chi connectivity index (χ1n) is 7.54. The number of nitrogens with two attached hydrogens (primary N) is 1. The molecule has 2 atom stereocenters. The maximum atomic E-state index is 12.1. The molecule has 0 aliphatic rings. The van der Waals surface area contributed by atoms with E-state index >= 15 is 0 Å². The molecule has 0 aliphatic heterocycles. The maximum absolute atomic E-state index is 12.1. The van der Waals surface area contributed by atoms with E-state index in [2.05, 4.69) is 5.32 Å². The average Bonchev–Trinajstić information content (AvgIpc) is 2.45. The summed E-state index contributed by atoms with van der Waals surface area (Å²) < 4.78 is 23.9. The van der Waals surface area contributed by atoms with Crippen LogP contribution in [-0.4, -0.2) is 25.6 Å². The van der Waals surface area contributed by atoms with Gasteiger partial charge in [0.1, 0.15) is 0 Å². The fraction of sp³-hybridized carbons (Fsp3) is 0.562. The van der Waals surface area contributed by atoms with Gasteiger partial charge in [-0.1, -0.05) is 32.4 Å². The Balaban J connectivity index is 2.83. The predicted octanol–water partition coefficient (Wildman–Crippen LogP) is 2.32. The molecule has 1 amide bonds. The van der Waals surface area contributed by atoms with Gasteiger partial charge in [-0.3, -0.25) is 4.79 Å². The standard InChI is InChI=1S/C16H26N2O3S/c1-5-12(4)15(17)16(19)18-14-8-6-7-13(9-14)10-22(20,21)11(2)3/h6-9,11-12,15H,5,10,17H2,1-4H3,(H,18,19). The van der Waals surface area contributed by atoms with Crippen LogP contribution >= 0.6 is 0 Å². The van der Waals surface area contributed by atoms with Gasteiger partial charge < -0.3 is 11.1 Å². The zero-order valence-electron chi connectivity index (χ0n) is 13.7. The van der Waals surface area contributed by atoms with Gasteiger partial charge in [0.2, 0.25) is 5.91 Å². The fourth-order valence-corrected chi connectivity index (χ4v) is 2.85. The molecule has 0 spiro atoms. The summed E-state index contributed by atoms with van der Waals surface area (Å²) in [6.45, 7) is 7.23. The third-order valence-corrected chi connectivity index (χ3v) is 6.01. The fourth-order valence-electron chi connectivity index (χ4n) is 1.88. The van der Waals surface area contributed by atoms with E-state index in [4.69, 9.17) is 5.73 Å². The largest absolute Gasteiger partial charge is 0.325 e. The van der Waals surface area contributed by atoms with E-state index in [0.717, 1.165) is 6.42 Å². The Morgan fingerprint density at radius 2 is 1.91 bits per heavy atom. The van der Waals surface area contributed by atoms with Crippen molar-refractivity contribution in [1.82, 2.24) is 0 Å². The summed E-state index contributed by atoms with van der Waals surface area (Å²) in [5, 5.41) is 2.33. The summed E-state index contributed by atoms with van der Waals surface area (Å²) in [6.07, 6.45) is 0.821. The normalized spacial score (nSPS) is 14.6. The molecule has 1 rings (SSSR count). The van der Waals surface area contributed by atoms with E-state index in [1.165, 1.54) is 0 Å². The van der Waals surface area contributed by atoms with Crippen molar-refractivity contribution in [3.8, 4) is 0 Å². The topological polar surface area (TPSA) is 89.3 Å². The lowest BCUT2D eigenvalue weighted by Crippen LogP contribution is -2.40. The van der Waals surface area contributed by atoms with Crippen LogP contribution in [0.2, 0.25) is 0 Å². The molecule has 0 aliphatic carbocycles. The van der Waals surface area contributed by atoms with Crippen molar-refractivity contribution in [3.63, 3.8) is 0 Å². The number of hydrogen-bond donors (Lipinski definition) is 2. The molecule has 6 heteroatoms. The minimum Gasteiger partial charge on any atom is -0.325 e. The van der Waals surface area contributed by atoms with E-state index < -0.39 is 21.1 Å². The predicted molar refractivity (Wildman–Crippen MR) is 90.3 cm³/mol. The third-order valence-electron chi connectivity index (χ3n) is 3.84. The molecule has 0 fully saturated rings. The molecule has 0 heterocycles. The molecular weight excluding hydrogens is 300 g/mol. The molecule has 3 N–H and O–H groups in total. The van der Waals surface area contributed by atoms with Gasteiger partial charge in [-0.25, -0.2) is 8.42 Å². The summed E-state index contributed by atoms with van der Waals surface area (Å²) in [5.74, 6) is -0.200. The van der Waals surface area contributed by atoms with Crippen molar-refractivity contribution in [3.05, 3.63) is 29.8 Å². The Morgan fingerprint density at radius 3 is 2.45 bits per heavy atom. The van der Waals surface area contributed by atoms with E-state index in [1.807, 2.05) is 13.8 Å². The van der Waals surface area contributed by atoms with Crippen molar-refractivity contribution in [1.29, 1.82) is 0 Å². The molecule has 0 bridgehead atoms. The number of hydrogen-bond acceptors (Lipinski definition) is 4. The van der Waals surface area contributed by atoms with Crippen molar-refractivity contribution in [2.75, 3.05) is 5.32 Å². The van der Waals surface area contributed by atoms with Crippen LogP contribution in [0.1, 0.15) is 39.7 Å². The van der Waals surface area contributed by atoms with Gasteiger partial charge in [0.25, 0.3) is 0 Å². The Bertz CT molecular complexity index is 612. The molecule has 1 aromatic carbocycles. The first kappa shape index (κ1) is 18.6. The minimum absolute atomic E-state index is 0.0359. The summed E-state index contributed by atoms with van der Waals surface area (Å²) in [6, 6.07) is 6.31. The summed E-state index contributed by atoms with van der Waals surface area (Å²) in [5.41, 5.74) is 7.12. The van der Waals surface area contributed by atoms with Gasteiger partial charge in [-0.15, -0.1) is 0 Å². The van der Waals surface area contributed by atoms with E-state index in [-0.39, 0.29) is 17.6 Å². The second-order valence-corrected chi connectivity index (χ2v) is 8.51. The van der Waals surface area contributed by atoms with Gasteiger partial charge in [0, 0.05) is 5.69 Å². The number of carbonyl (C=O) groups excluding carboxylic acids is 1. The van der Waals surface area contributed by atoms with Gasteiger partial charge in [-0.2, -0.15) is 0 Å². The summed E-state index contributed by atoms with van der Waals surface area (Å²) >= 11 is 0. The molecular formula is C16H26N2O3S. The van der Waals surface area contributed by atoms with Crippen LogP contribution < -0.4 is 11.1 Å². The second kappa shape index (κ2) is 7.74. The number of amides is 1. The lowest BCUT2D eigenvalue weighted by molar-refractivity contribution is -0.118. The molecule has 5 nitrogen and oxygen atoms in total. The third kappa shape index (κ3) is 5.10. The molecule has 22 heavy (non-hydrogen) atoms. The lowest BCUT2D eigenvalue weighted by atomic mass is 9.99. The highest BCUT2D eigenvalue weighted by atomic mass is 32.2. The summed E-state index contributed by atoms with van der Waals surface area (Å²) in [7, 11) is -3.17. The highest BCUT2D eigenvalue weighted by molar-refractivity contribution is 7.91. The average molecular weight is 326 g/mol. The molecule has 0 radical (unpaired) electrons. The lowest BCUT2D eigenvalue weighted by Gasteiger charge is -2.18. The van der Waals surface area contributed by atoms with Crippen LogP contribution in [0.5, 0.6) is 0 Å². The number of rotatable bonds is 7. The van der Waals surface area contributed by atoms with Crippen LogP contribution in [0, 0.1) is 5.92 Å². The first-order valence-corrected chi connectivity index (χ1v) is 9.25. The molecule has 124 valence electrons. The van der Waals surface area contributed by atoms with Crippen molar-refractivity contribution in [2.24, 2.45) is 11.7 Å². The molecule has 0 saturated carbocycles. The van der Waals surface area contributed by atoms with Crippen molar-refractivity contribution in [2.45, 2.75) is 51.2 Å². The first-order chi connectivity index (χ1) is 10.2. The highest BCUT2D eigenvalue weighted by Gasteiger charge is 2.20. The van der Waals surface area contributed by atoms with Gasteiger partial charge >= 0.3 is 0 Å². The SMILES string of the molecule is CCC(C)C(N)C(=O)Nc1cccc(CS(=O)(=O)C(C)C)c1. The monoisotopic (exact) mass is 326 g/mol. The Morgan fingerprint density at radius 1 is 1.27 bits per heavy atom. The molecule has 1 aromatic rings. The number of sulfone groups is 1. The Kier molecular flexibility index (Phi) is 6.56. The molecule has 2 unspecified atom stereocenters. The quantitative estimate of drug-likeness (QED) is 0.804. The molecule has 0 saturated heterocycles. The van der Waals surface area contributed by atoms with Crippen LogP contribution in [-0.2, 0) is 20.4 Å². The van der Waals surface area contributed by atoms with Gasteiger partial charge in [0.15, 0.2) is 9.84 Å². The van der Waals surface area contributed by atoms with Crippen LogP contribution in [0.25, 0.3) is 0 Å². The zero-order valence-corrected chi connectivity index (χ0v) is 14.5. The maximum Gasteiger partial charge on any atom is 0.241 e. The number of carbonyl (C=O) groups is 1. The zero-order chi connectivity index (χ0) is 16.9. The smallest absolute Gasteiger partial charge is 0.241 e. The number of nitrogens with one attached hydrogen (secondary N) is 1. The Labute approximate surface area is 133 Å². The van der Waals surface area contributed by atoms with Gasteiger partial charge in [0.05, 0.1) is 17.0 Å². The minimum atomic E-state index is -3.17. The Hall–Kier alpha value is -1.40.